The summed E-state index contributed by atoms with van der Waals surface area (Å²) in [6, 6.07) is 0.385. The van der Waals surface area contributed by atoms with E-state index in [1.54, 1.807) is 18.3 Å². The van der Waals surface area contributed by atoms with Gasteiger partial charge in [-0.05, 0) is 28.8 Å². The number of hydrogen-bond acceptors (Lipinski definition) is 5. The lowest BCUT2D eigenvalue weighted by Crippen LogP contribution is -2.66. The summed E-state index contributed by atoms with van der Waals surface area (Å²) in [5, 5.41) is 12.0. The lowest BCUT2D eigenvalue weighted by atomic mass is 9.61. The SMILES string of the molecule is CC(=O)NC1CC2(C1)CN(c1nnc(Br)s1)C2. The van der Waals surface area contributed by atoms with Crippen LogP contribution in [0.15, 0.2) is 3.92 Å². The minimum absolute atomic E-state index is 0.0779. The third-order valence-electron chi connectivity index (χ3n) is 3.48. The van der Waals surface area contributed by atoms with Gasteiger partial charge in [-0.15, -0.1) is 10.2 Å². The molecule has 1 amide bonds. The fraction of sp³-hybridized carbons (Fsp3) is 0.700. The molecule has 1 aromatic rings. The fourth-order valence-corrected chi connectivity index (χ4v) is 3.94. The van der Waals surface area contributed by atoms with E-state index in [-0.39, 0.29) is 5.91 Å². The molecule has 2 aliphatic rings. The maximum Gasteiger partial charge on any atom is 0.217 e. The van der Waals surface area contributed by atoms with E-state index in [4.69, 9.17) is 0 Å². The van der Waals surface area contributed by atoms with Gasteiger partial charge in [0.05, 0.1) is 0 Å². The van der Waals surface area contributed by atoms with Crippen molar-refractivity contribution < 1.29 is 4.79 Å². The minimum Gasteiger partial charge on any atom is -0.354 e. The Bertz CT molecular complexity index is 449. The van der Waals surface area contributed by atoms with Crippen LogP contribution < -0.4 is 10.2 Å². The highest BCUT2D eigenvalue weighted by molar-refractivity contribution is 9.11. The first-order chi connectivity index (χ1) is 8.06. The van der Waals surface area contributed by atoms with Gasteiger partial charge in [0, 0.05) is 31.5 Å². The van der Waals surface area contributed by atoms with Gasteiger partial charge < -0.3 is 10.2 Å². The van der Waals surface area contributed by atoms with E-state index in [9.17, 15) is 4.79 Å². The summed E-state index contributed by atoms with van der Waals surface area (Å²) >= 11 is 4.89. The standard InChI is InChI=1S/C10H13BrN4OS/c1-6(16)12-7-2-10(3-7)4-15(5-10)9-14-13-8(11)17-9/h7H,2-5H2,1H3,(H,12,16). The summed E-state index contributed by atoms with van der Waals surface area (Å²) < 4.78 is 0.832. The predicted octanol–water partition coefficient (Wildman–Crippen LogP) is 1.41. The Kier molecular flexibility index (Phi) is 2.62. The highest BCUT2D eigenvalue weighted by Crippen LogP contribution is 2.50. The van der Waals surface area contributed by atoms with E-state index in [1.807, 2.05) is 0 Å². The Morgan fingerprint density at radius 3 is 2.76 bits per heavy atom. The van der Waals surface area contributed by atoms with E-state index >= 15 is 0 Å². The molecule has 1 aliphatic carbocycles. The van der Waals surface area contributed by atoms with E-state index in [1.165, 1.54) is 0 Å². The number of hydrogen-bond donors (Lipinski definition) is 1. The first kappa shape index (κ1) is 11.4. The second-order valence-electron chi connectivity index (χ2n) is 5.00. The third-order valence-corrected chi connectivity index (χ3v) is 4.90. The second-order valence-corrected chi connectivity index (χ2v) is 7.23. The Hall–Kier alpha value is -0.690. The van der Waals surface area contributed by atoms with E-state index < -0.39 is 0 Å². The molecule has 0 radical (unpaired) electrons. The van der Waals surface area contributed by atoms with Crippen LogP contribution in [0.5, 0.6) is 0 Å². The van der Waals surface area contributed by atoms with Crippen molar-refractivity contribution in [3.63, 3.8) is 0 Å². The second kappa shape index (κ2) is 3.91. The quantitative estimate of drug-likeness (QED) is 0.896. The van der Waals surface area contributed by atoms with Gasteiger partial charge in [-0.3, -0.25) is 4.79 Å². The van der Waals surface area contributed by atoms with Gasteiger partial charge in [0.2, 0.25) is 11.0 Å². The zero-order valence-corrected chi connectivity index (χ0v) is 11.8. The number of carbonyl (C=O) groups excluding carboxylic acids is 1. The molecule has 1 saturated heterocycles. The predicted molar refractivity (Wildman–Crippen MR) is 69.1 cm³/mol. The maximum atomic E-state index is 10.9. The molecule has 0 unspecified atom stereocenters. The van der Waals surface area contributed by atoms with Crippen LogP contribution in [-0.4, -0.2) is 35.2 Å². The van der Waals surface area contributed by atoms with Crippen LogP contribution in [0.4, 0.5) is 5.13 Å². The van der Waals surface area contributed by atoms with Crippen molar-refractivity contribution in [1.29, 1.82) is 0 Å². The number of halogens is 1. The first-order valence-corrected chi connectivity index (χ1v) is 7.18. The van der Waals surface area contributed by atoms with Gasteiger partial charge in [-0.1, -0.05) is 11.3 Å². The molecule has 2 heterocycles. The third kappa shape index (κ3) is 2.06. The highest BCUT2D eigenvalue weighted by atomic mass is 79.9. The molecule has 1 aromatic heterocycles. The number of amides is 1. The topological polar surface area (TPSA) is 58.1 Å². The van der Waals surface area contributed by atoms with Crippen molar-refractivity contribution in [3.05, 3.63) is 3.92 Å². The molecule has 1 N–H and O–H groups in total. The Labute approximate surface area is 112 Å². The lowest BCUT2D eigenvalue weighted by molar-refractivity contribution is -0.121. The molecule has 0 atom stereocenters. The van der Waals surface area contributed by atoms with Gasteiger partial charge in [0.1, 0.15) is 0 Å². The first-order valence-electron chi connectivity index (χ1n) is 5.57. The molecule has 0 aromatic carbocycles. The number of nitrogens with one attached hydrogen (secondary N) is 1. The van der Waals surface area contributed by atoms with Crippen molar-refractivity contribution in [3.8, 4) is 0 Å². The average molecular weight is 317 g/mol. The summed E-state index contributed by atoms with van der Waals surface area (Å²) in [7, 11) is 0. The van der Waals surface area contributed by atoms with E-state index in [0.717, 1.165) is 35.0 Å². The molecule has 1 spiro atoms. The number of aromatic nitrogens is 2. The highest BCUT2D eigenvalue weighted by Gasteiger charge is 2.53. The lowest BCUT2D eigenvalue weighted by Gasteiger charge is -2.58. The van der Waals surface area contributed by atoms with Crippen LogP contribution >= 0.6 is 27.3 Å². The minimum atomic E-state index is 0.0779. The molecule has 17 heavy (non-hydrogen) atoms. The molecule has 0 bridgehead atoms. The average Bonchev–Trinajstić information content (AvgIpc) is 2.53. The molecular formula is C10H13BrN4OS. The van der Waals surface area contributed by atoms with Crippen LogP contribution in [0.25, 0.3) is 0 Å². The molecule has 1 aliphatic heterocycles. The molecular weight excluding hydrogens is 304 g/mol. The summed E-state index contributed by atoms with van der Waals surface area (Å²) in [5.74, 6) is 0.0779. The van der Waals surface area contributed by atoms with E-state index in [0.29, 0.717) is 11.5 Å². The van der Waals surface area contributed by atoms with Gasteiger partial charge in [-0.25, -0.2) is 0 Å². The number of rotatable bonds is 2. The molecule has 92 valence electrons. The van der Waals surface area contributed by atoms with Crippen molar-refractivity contribution >= 4 is 38.3 Å². The van der Waals surface area contributed by atoms with Gasteiger partial charge in [0.15, 0.2) is 3.92 Å². The van der Waals surface area contributed by atoms with Crippen LogP contribution in [0.2, 0.25) is 0 Å². The summed E-state index contributed by atoms with van der Waals surface area (Å²) in [4.78, 5) is 13.2. The maximum absolute atomic E-state index is 10.9. The summed E-state index contributed by atoms with van der Waals surface area (Å²) in [5.41, 5.74) is 0.422. The molecule has 7 heteroatoms. The molecule has 1 saturated carbocycles. The Balaban J connectivity index is 1.51. The molecule has 3 rings (SSSR count). The van der Waals surface area contributed by atoms with Gasteiger partial charge in [-0.2, -0.15) is 0 Å². The van der Waals surface area contributed by atoms with Gasteiger partial charge >= 0.3 is 0 Å². The zero-order chi connectivity index (χ0) is 12.0. The van der Waals surface area contributed by atoms with Gasteiger partial charge in [0.25, 0.3) is 0 Å². The normalized spacial score (nSPS) is 22.1. The zero-order valence-electron chi connectivity index (χ0n) is 9.44. The van der Waals surface area contributed by atoms with Crippen molar-refractivity contribution in [2.45, 2.75) is 25.8 Å². The smallest absolute Gasteiger partial charge is 0.217 e. The Morgan fingerprint density at radius 1 is 1.53 bits per heavy atom. The Morgan fingerprint density at radius 2 is 2.24 bits per heavy atom. The summed E-state index contributed by atoms with van der Waals surface area (Å²) in [6.07, 6.45) is 2.20. The van der Waals surface area contributed by atoms with E-state index in [2.05, 4.69) is 36.3 Å². The number of anilines is 1. The van der Waals surface area contributed by atoms with Crippen molar-refractivity contribution in [1.82, 2.24) is 15.5 Å². The fourth-order valence-electron chi connectivity index (χ4n) is 2.86. The molecule has 2 fully saturated rings. The van der Waals surface area contributed by atoms with Crippen LogP contribution in [0.1, 0.15) is 19.8 Å². The van der Waals surface area contributed by atoms with Crippen LogP contribution in [-0.2, 0) is 4.79 Å². The van der Waals surface area contributed by atoms with Crippen molar-refractivity contribution in [2.24, 2.45) is 5.41 Å². The largest absolute Gasteiger partial charge is 0.354 e. The number of carbonyl (C=O) groups is 1. The molecule has 5 nitrogen and oxygen atoms in total. The number of nitrogens with zero attached hydrogens (tertiary/aromatic N) is 3. The van der Waals surface area contributed by atoms with Crippen molar-refractivity contribution in [2.75, 3.05) is 18.0 Å². The monoisotopic (exact) mass is 316 g/mol. The van der Waals surface area contributed by atoms with Crippen LogP contribution in [0, 0.1) is 5.41 Å². The summed E-state index contributed by atoms with van der Waals surface area (Å²) in [6.45, 7) is 3.67. The van der Waals surface area contributed by atoms with Crippen LogP contribution in [0.3, 0.4) is 0 Å².